The van der Waals surface area contributed by atoms with Crippen LogP contribution in [0.1, 0.15) is 41.3 Å². The summed E-state index contributed by atoms with van der Waals surface area (Å²) in [6, 6.07) is 13.8. The first-order chi connectivity index (χ1) is 9.00. The van der Waals surface area contributed by atoms with Crippen molar-refractivity contribution < 1.29 is 9.90 Å². The van der Waals surface area contributed by atoms with E-state index in [0.29, 0.717) is 5.56 Å². The van der Waals surface area contributed by atoms with Crippen LogP contribution in [0.4, 0.5) is 0 Å². The van der Waals surface area contributed by atoms with Crippen molar-refractivity contribution in [3.8, 4) is 11.1 Å². The van der Waals surface area contributed by atoms with Crippen LogP contribution in [0, 0.1) is 6.92 Å². The van der Waals surface area contributed by atoms with Crippen molar-refractivity contribution in [2.45, 2.75) is 26.7 Å². The van der Waals surface area contributed by atoms with Gasteiger partial charge in [-0.05, 0) is 41.2 Å². The van der Waals surface area contributed by atoms with Gasteiger partial charge >= 0.3 is 5.97 Å². The van der Waals surface area contributed by atoms with Crippen molar-refractivity contribution in [2.24, 2.45) is 0 Å². The van der Waals surface area contributed by atoms with Crippen LogP contribution in [0.5, 0.6) is 0 Å². The highest BCUT2D eigenvalue weighted by molar-refractivity contribution is 5.93. The molecule has 0 aliphatic heterocycles. The molecular weight excluding hydrogens is 236 g/mol. The Hall–Kier alpha value is -2.09. The molecule has 1 N–H and O–H groups in total. The van der Waals surface area contributed by atoms with Crippen molar-refractivity contribution in [2.75, 3.05) is 0 Å². The van der Waals surface area contributed by atoms with Gasteiger partial charge in [-0.2, -0.15) is 0 Å². The van der Waals surface area contributed by atoms with Gasteiger partial charge in [-0.1, -0.05) is 50.2 Å². The first-order valence-corrected chi connectivity index (χ1v) is 6.44. The van der Waals surface area contributed by atoms with Crippen LogP contribution in [-0.2, 0) is 0 Å². The Morgan fingerprint density at radius 3 is 2.26 bits per heavy atom. The summed E-state index contributed by atoms with van der Waals surface area (Å²) in [4.78, 5) is 11.5. The molecule has 0 radical (unpaired) electrons. The van der Waals surface area contributed by atoms with Gasteiger partial charge < -0.3 is 5.11 Å². The maximum atomic E-state index is 11.5. The molecule has 0 aliphatic carbocycles. The molecule has 2 heteroatoms. The van der Waals surface area contributed by atoms with Crippen molar-refractivity contribution in [3.63, 3.8) is 0 Å². The van der Waals surface area contributed by atoms with Crippen molar-refractivity contribution >= 4 is 5.97 Å². The third-order valence-corrected chi connectivity index (χ3v) is 3.22. The molecule has 0 spiro atoms. The lowest BCUT2D eigenvalue weighted by molar-refractivity contribution is 0.0695. The maximum Gasteiger partial charge on any atom is 0.336 e. The van der Waals surface area contributed by atoms with E-state index in [1.165, 1.54) is 0 Å². The van der Waals surface area contributed by atoms with Crippen molar-refractivity contribution in [1.29, 1.82) is 0 Å². The van der Waals surface area contributed by atoms with E-state index in [1.54, 1.807) is 6.07 Å². The van der Waals surface area contributed by atoms with E-state index in [-0.39, 0.29) is 5.92 Å². The molecule has 2 aromatic rings. The van der Waals surface area contributed by atoms with Crippen LogP contribution < -0.4 is 0 Å². The molecule has 0 amide bonds. The summed E-state index contributed by atoms with van der Waals surface area (Å²) in [5.41, 5.74) is 4.38. The Morgan fingerprint density at radius 2 is 1.74 bits per heavy atom. The first kappa shape index (κ1) is 13.3. The summed E-state index contributed by atoms with van der Waals surface area (Å²) in [6.45, 7) is 6.00. The van der Waals surface area contributed by atoms with Crippen LogP contribution in [0.25, 0.3) is 11.1 Å². The molecule has 0 heterocycles. The van der Waals surface area contributed by atoms with Gasteiger partial charge in [0.1, 0.15) is 0 Å². The van der Waals surface area contributed by atoms with Gasteiger partial charge in [0.15, 0.2) is 0 Å². The van der Waals surface area contributed by atoms with Crippen LogP contribution in [0.2, 0.25) is 0 Å². The average molecular weight is 254 g/mol. The highest BCUT2D eigenvalue weighted by atomic mass is 16.4. The average Bonchev–Trinajstić information content (AvgIpc) is 2.38. The normalized spacial score (nSPS) is 10.7. The molecule has 0 saturated carbocycles. The standard InChI is InChI=1S/C17H18O2/c1-11(2)16-14(13-7-5-4-6-8-13)9-12(3)10-15(16)17(18)19/h4-11H,1-3H3,(H,18,19). The van der Waals surface area contributed by atoms with Gasteiger partial charge in [0, 0.05) is 0 Å². The second-order valence-corrected chi connectivity index (χ2v) is 5.10. The number of carboxylic acids is 1. The van der Waals surface area contributed by atoms with E-state index < -0.39 is 5.97 Å². The highest BCUT2D eigenvalue weighted by Crippen LogP contribution is 2.33. The minimum atomic E-state index is -0.857. The summed E-state index contributed by atoms with van der Waals surface area (Å²) in [5, 5.41) is 9.41. The smallest absolute Gasteiger partial charge is 0.336 e. The monoisotopic (exact) mass is 254 g/mol. The molecule has 0 saturated heterocycles. The zero-order valence-corrected chi connectivity index (χ0v) is 11.5. The lowest BCUT2D eigenvalue weighted by Crippen LogP contribution is -2.06. The highest BCUT2D eigenvalue weighted by Gasteiger charge is 2.18. The van der Waals surface area contributed by atoms with E-state index in [1.807, 2.05) is 51.1 Å². The molecule has 98 valence electrons. The number of carbonyl (C=O) groups is 1. The lowest BCUT2D eigenvalue weighted by Gasteiger charge is -2.17. The van der Waals surface area contributed by atoms with Gasteiger partial charge in [0.2, 0.25) is 0 Å². The summed E-state index contributed by atoms with van der Waals surface area (Å²) < 4.78 is 0. The molecule has 0 aromatic heterocycles. The van der Waals surface area contributed by atoms with Crippen LogP contribution in [0.15, 0.2) is 42.5 Å². The number of hydrogen-bond acceptors (Lipinski definition) is 1. The summed E-state index contributed by atoms with van der Waals surface area (Å²) in [5.74, 6) is -0.688. The molecular formula is C17H18O2. The Morgan fingerprint density at radius 1 is 1.11 bits per heavy atom. The SMILES string of the molecule is Cc1cc(C(=O)O)c(C(C)C)c(-c2ccccc2)c1. The predicted octanol–water partition coefficient (Wildman–Crippen LogP) is 4.48. The van der Waals surface area contributed by atoms with Gasteiger partial charge in [0.25, 0.3) is 0 Å². The second-order valence-electron chi connectivity index (χ2n) is 5.10. The van der Waals surface area contributed by atoms with E-state index in [2.05, 4.69) is 6.07 Å². The van der Waals surface area contributed by atoms with Gasteiger partial charge in [-0.25, -0.2) is 4.79 Å². The van der Waals surface area contributed by atoms with Crippen molar-refractivity contribution in [3.05, 3.63) is 59.2 Å². The fourth-order valence-electron chi connectivity index (χ4n) is 2.45. The zero-order chi connectivity index (χ0) is 14.0. The Balaban J connectivity index is 2.76. The van der Waals surface area contributed by atoms with Crippen LogP contribution >= 0.6 is 0 Å². The molecule has 2 rings (SSSR count). The van der Waals surface area contributed by atoms with Gasteiger partial charge in [0.05, 0.1) is 5.56 Å². The fourth-order valence-corrected chi connectivity index (χ4v) is 2.45. The molecule has 0 bridgehead atoms. The van der Waals surface area contributed by atoms with Crippen molar-refractivity contribution in [1.82, 2.24) is 0 Å². The number of hydrogen-bond donors (Lipinski definition) is 1. The quantitative estimate of drug-likeness (QED) is 0.876. The minimum Gasteiger partial charge on any atom is -0.478 e. The van der Waals surface area contributed by atoms with Crippen LogP contribution in [0.3, 0.4) is 0 Å². The summed E-state index contributed by atoms with van der Waals surface area (Å²) in [6.07, 6.45) is 0. The Bertz CT molecular complexity index is 598. The number of aryl methyl sites for hydroxylation is 1. The topological polar surface area (TPSA) is 37.3 Å². The number of aromatic carboxylic acids is 1. The van der Waals surface area contributed by atoms with E-state index in [9.17, 15) is 9.90 Å². The molecule has 2 nitrogen and oxygen atoms in total. The fraction of sp³-hybridized carbons (Fsp3) is 0.235. The van der Waals surface area contributed by atoms with E-state index in [0.717, 1.165) is 22.3 Å². The summed E-state index contributed by atoms with van der Waals surface area (Å²) in [7, 11) is 0. The molecule has 19 heavy (non-hydrogen) atoms. The molecule has 0 unspecified atom stereocenters. The predicted molar refractivity (Wildman–Crippen MR) is 77.7 cm³/mol. The van der Waals surface area contributed by atoms with Crippen LogP contribution in [-0.4, -0.2) is 11.1 Å². The largest absolute Gasteiger partial charge is 0.478 e. The first-order valence-electron chi connectivity index (χ1n) is 6.44. The molecule has 0 fully saturated rings. The van der Waals surface area contributed by atoms with E-state index in [4.69, 9.17) is 0 Å². The zero-order valence-electron chi connectivity index (χ0n) is 11.5. The second kappa shape index (κ2) is 5.27. The summed E-state index contributed by atoms with van der Waals surface area (Å²) >= 11 is 0. The molecule has 0 atom stereocenters. The Kier molecular flexibility index (Phi) is 3.70. The molecule has 0 aliphatic rings. The Labute approximate surface area is 113 Å². The number of carboxylic acid groups (broad SMARTS) is 1. The number of benzene rings is 2. The molecule has 2 aromatic carbocycles. The van der Waals surface area contributed by atoms with Gasteiger partial charge in [-0.3, -0.25) is 0 Å². The lowest BCUT2D eigenvalue weighted by atomic mass is 9.87. The maximum absolute atomic E-state index is 11.5. The third kappa shape index (κ3) is 2.68. The van der Waals surface area contributed by atoms with E-state index >= 15 is 0 Å². The third-order valence-electron chi connectivity index (χ3n) is 3.22. The van der Waals surface area contributed by atoms with Gasteiger partial charge in [-0.15, -0.1) is 0 Å². The number of rotatable bonds is 3. The minimum absolute atomic E-state index is 0.168.